The van der Waals surface area contributed by atoms with E-state index in [1.807, 2.05) is 16.8 Å². The number of aryl methyl sites for hydroxylation is 1. The van der Waals surface area contributed by atoms with Crippen molar-refractivity contribution < 1.29 is 13.6 Å². The Labute approximate surface area is 147 Å². The third kappa shape index (κ3) is 3.07. The van der Waals surface area contributed by atoms with Gasteiger partial charge < -0.3 is 5.32 Å². The molecule has 1 N–H and O–H groups in total. The number of aromatic nitrogens is 2. The highest BCUT2D eigenvalue weighted by atomic mass is 32.1. The zero-order valence-electron chi connectivity index (χ0n) is 13.2. The van der Waals surface area contributed by atoms with E-state index < -0.39 is 11.6 Å². The highest BCUT2D eigenvalue weighted by molar-refractivity contribution is 7.08. The molecule has 1 unspecified atom stereocenters. The summed E-state index contributed by atoms with van der Waals surface area (Å²) in [5, 5.41) is 11.0. The first-order valence-electron chi connectivity index (χ1n) is 7.95. The second-order valence-electron chi connectivity index (χ2n) is 6.04. The van der Waals surface area contributed by atoms with E-state index in [0.29, 0.717) is 30.5 Å². The minimum Gasteiger partial charge on any atom is -0.325 e. The number of nitrogens with zero attached hydrogens (tertiary/aromatic N) is 2. The summed E-state index contributed by atoms with van der Waals surface area (Å²) < 4.78 is 29.1. The van der Waals surface area contributed by atoms with Crippen LogP contribution in [0.25, 0.3) is 11.1 Å². The van der Waals surface area contributed by atoms with Crippen LogP contribution < -0.4 is 5.32 Å². The molecule has 0 aliphatic carbocycles. The Bertz CT molecular complexity index is 921. The molecule has 0 fully saturated rings. The van der Waals surface area contributed by atoms with Crippen LogP contribution in [-0.2, 0) is 17.8 Å². The number of benzene rings is 1. The van der Waals surface area contributed by atoms with Crippen LogP contribution in [0.1, 0.15) is 12.1 Å². The summed E-state index contributed by atoms with van der Waals surface area (Å²) >= 11 is 1.52. The molecule has 128 valence electrons. The SMILES string of the molecule is O=C(Nc1ccsc1)C1CCn2ncc(-c3ccc(F)cc3F)c2C1. The Morgan fingerprint density at radius 2 is 2.16 bits per heavy atom. The van der Waals surface area contributed by atoms with Crippen LogP contribution in [0.3, 0.4) is 0 Å². The Hall–Kier alpha value is -2.54. The van der Waals surface area contributed by atoms with E-state index >= 15 is 0 Å². The maximum absolute atomic E-state index is 14.1. The van der Waals surface area contributed by atoms with Gasteiger partial charge >= 0.3 is 0 Å². The summed E-state index contributed by atoms with van der Waals surface area (Å²) in [5.74, 6) is -1.49. The largest absolute Gasteiger partial charge is 0.325 e. The monoisotopic (exact) mass is 359 g/mol. The van der Waals surface area contributed by atoms with Crippen LogP contribution in [0.4, 0.5) is 14.5 Å². The quantitative estimate of drug-likeness (QED) is 0.766. The van der Waals surface area contributed by atoms with Crippen molar-refractivity contribution in [3.05, 3.63) is 58.6 Å². The third-order valence-electron chi connectivity index (χ3n) is 4.46. The number of hydrogen-bond donors (Lipinski definition) is 1. The minimum absolute atomic E-state index is 0.0450. The van der Waals surface area contributed by atoms with Crippen LogP contribution in [0.2, 0.25) is 0 Å². The smallest absolute Gasteiger partial charge is 0.227 e. The second kappa shape index (κ2) is 6.40. The highest BCUT2D eigenvalue weighted by Crippen LogP contribution is 2.32. The summed E-state index contributed by atoms with van der Waals surface area (Å²) in [7, 11) is 0. The Kier molecular flexibility index (Phi) is 4.09. The average Bonchev–Trinajstić information content (AvgIpc) is 3.24. The van der Waals surface area contributed by atoms with Crippen molar-refractivity contribution in [1.29, 1.82) is 0 Å². The maximum Gasteiger partial charge on any atom is 0.227 e. The number of carbonyl (C=O) groups is 1. The van der Waals surface area contributed by atoms with E-state index in [1.54, 1.807) is 10.9 Å². The molecular formula is C18H15F2N3OS. The van der Waals surface area contributed by atoms with Gasteiger partial charge in [-0.2, -0.15) is 16.4 Å². The van der Waals surface area contributed by atoms with Gasteiger partial charge in [0.25, 0.3) is 0 Å². The number of thiophene rings is 1. The topological polar surface area (TPSA) is 46.9 Å². The number of fused-ring (bicyclic) bond motifs is 1. The molecule has 2 aromatic heterocycles. The molecule has 25 heavy (non-hydrogen) atoms. The van der Waals surface area contributed by atoms with Crippen molar-refractivity contribution in [2.45, 2.75) is 19.4 Å². The number of nitrogens with one attached hydrogen (secondary N) is 1. The molecular weight excluding hydrogens is 344 g/mol. The Morgan fingerprint density at radius 3 is 2.92 bits per heavy atom. The van der Waals surface area contributed by atoms with Crippen molar-refractivity contribution in [3.63, 3.8) is 0 Å². The van der Waals surface area contributed by atoms with Gasteiger partial charge in [0.15, 0.2) is 0 Å². The highest BCUT2D eigenvalue weighted by Gasteiger charge is 2.28. The Morgan fingerprint density at radius 1 is 1.28 bits per heavy atom. The minimum atomic E-state index is -0.624. The van der Waals surface area contributed by atoms with Crippen LogP contribution >= 0.6 is 11.3 Å². The number of carbonyl (C=O) groups excluding carboxylic acids is 1. The van der Waals surface area contributed by atoms with Crippen LogP contribution in [0, 0.1) is 17.6 Å². The molecule has 1 aromatic carbocycles. The maximum atomic E-state index is 14.1. The molecule has 1 amide bonds. The average molecular weight is 359 g/mol. The zero-order valence-corrected chi connectivity index (χ0v) is 14.0. The van der Waals surface area contributed by atoms with Gasteiger partial charge in [0.05, 0.1) is 11.9 Å². The zero-order chi connectivity index (χ0) is 17.4. The molecule has 3 heterocycles. The number of halogens is 2. The van der Waals surface area contributed by atoms with Gasteiger partial charge in [0.1, 0.15) is 11.6 Å². The van der Waals surface area contributed by atoms with Crippen molar-refractivity contribution in [1.82, 2.24) is 9.78 Å². The standard InChI is InChI=1S/C18H15F2N3OS/c19-12-1-2-14(16(20)8-12)15-9-21-23-5-3-11(7-17(15)23)18(24)22-13-4-6-25-10-13/h1-2,4,6,8-11H,3,5,7H2,(H,22,24). The van der Waals surface area contributed by atoms with Crippen molar-refractivity contribution in [3.8, 4) is 11.1 Å². The van der Waals surface area contributed by atoms with E-state index in [9.17, 15) is 13.6 Å². The first-order chi connectivity index (χ1) is 12.1. The second-order valence-corrected chi connectivity index (χ2v) is 6.82. The fourth-order valence-electron chi connectivity index (χ4n) is 3.17. The molecule has 7 heteroatoms. The summed E-state index contributed by atoms with van der Waals surface area (Å²) in [6, 6.07) is 5.36. The molecule has 0 radical (unpaired) electrons. The van der Waals surface area contributed by atoms with E-state index in [1.165, 1.54) is 23.5 Å². The molecule has 0 saturated carbocycles. The normalized spacial score (nSPS) is 16.5. The fourth-order valence-corrected chi connectivity index (χ4v) is 3.76. The van der Waals surface area contributed by atoms with Gasteiger partial charge in [0.2, 0.25) is 5.91 Å². The third-order valence-corrected chi connectivity index (χ3v) is 5.14. The van der Waals surface area contributed by atoms with Gasteiger partial charge in [-0.25, -0.2) is 8.78 Å². The molecule has 1 atom stereocenters. The number of hydrogen-bond acceptors (Lipinski definition) is 3. The summed E-state index contributed by atoms with van der Waals surface area (Å²) in [4.78, 5) is 12.5. The predicted octanol–water partition coefficient (Wildman–Crippen LogP) is 4.09. The molecule has 0 spiro atoms. The lowest BCUT2D eigenvalue weighted by Crippen LogP contribution is -2.30. The summed E-state index contributed by atoms with van der Waals surface area (Å²) in [6.45, 7) is 0.597. The molecule has 1 aliphatic rings. The van der Waals surface area contributed by atoms with E-state index in [4.69, 9.17) is 0 Å². The van der Waals surface area contributed by atoms with Crippen LogP contribution in [0.15, 0.2) is 41.2 Å². The van der Waals surface area contributed by atoms with Gasteiger partial charge in [0, 0.05) is 47.2 Å². The van der Waals surface area contributed by atoms with Gasteiger partial charge in [-0.3, -0.25) is 9.48 Å². The van der Waals surface area contributed by atoms with Crippen LogP contribution in [0.5, 0.6) is 0 Å². The summed E-state index contributed by atoms with van der Waals surface area (Å²) in [5.41, 5.74) is 2.52. The molecule has 0 bridgehead atoms. The van der Waals surface area contributed by atoms with E-state index in [-0.39, 0.29) is 11.8 Å². The lowest BCUT2D eigenvalue weighted by molar-refractivity contribution is -0.120. The number of rotatable bonds is 3. The van der Waals surface area contributed by atoms with Crippen molar-refractivity contribution >= 4 is 22.9 Å². The summed E-state index contributed by atoms with van der Waals surface area (Å²) in [6.07, 6.45) is 2.74. The number of anilines is 1. The van der Waals surface area contributed by atoms with Crippen molar-refractivity contribution in [2.24, 2.45) is 5.92 Å². The first kappa shape index (κ1) is 16.0. The van der Waals surface area contributed by atoms with E-state index in [2.05, 4.69) is 10.4 Å². The molecule has 4 rings (SSSR count). The van der Waals surface area contributed by atoms with E-state index in [0.717, 1.165) is 17.4 Å². The molecule has 4 nitrogen and oxygen atoms in total. The Balaban J connectivity index is 1.60. The molecule has 0 saturated heterocycles. The van der Waals surface area contributed by atoms with Gasteiger partial charge in [-0.15, -0.1) is 0 Å². The lowest BCUT2D eigenvalue weighted by Gasteiger charge is -2.23. The van der Waals surface area contributed by atoms with Gasteiger partial charge in [-0.05, 0) is 30.0 Å². The fraction of sp³-hybridized carbons (Fsp3) is 0.222. The van der Waals surface area contributed by atoms with Gasteiger partial charge in [-0.1, -0.05) is 0 Å². The molecule has 1 aliphatic heterocycles. The molecule has 3 aromatic rings. The number of amides is 1. The first-order valence-corrected chi connectivity index (χ1v) is 8.89. The predicted molar refractivity (Wildman–Crippen MR) is 92.3 cm³/mol. The van der Waals surface area contributed by atoms with Crippen LogP contribution in [-0.4, -0.2) is 15.7 Å². The lowest BCUT2D eigenvalue weighted by atomic mass is 9.91. The van der Waals surface area contributed by atoms with Crippen molar-refractivity contribution in [2.75, 3.05) is 5.32 Å².